The Morgan fingerprint density at radius 1 is 1.62 bits per heavy atom. The van der Waals surface area contributed by atoms with E-state index in [1.165, 1.54) is 0 Å². The Hall–Kier alpha value is -0.310. The van der Waals surface area contributed by atoms with Crippen molar-refractivity contribution in [1.82, 2.24) is 4.98 Å². The van der Waals surface area contributed by atoms with Crippen LogP contribution in [0.3, 0.4) is 0 Å². The van der Waals surface area contributed by atoms with Crippen molar-refractivity contribution in [2.24, 2.45) is 5.92 Å². The fraction of sp³-hybridized carbons (Fsp3) is 0.583. The maximum Gasteiger partial charge on any atom is 0.0768 e. The summed E-state index contributed by atoms with van der Waals surface area (Å²) in [5, 5.41) is 0.663. The second-order valence-electron chi connectivity index (χ2n) is 4.29. The summed E-state index contributed by atoms with van der Waals surface area (Å²) >= 11 is 12.4. The van der Waals surface area contributed by atoms with Crippen molar-refractivity contribution in [2.45, 2.75) is 31.2 Å². The summed E-state index contributed by atoms with van der Waals surface area (Å²) in [7, 11) is 0. The highest BCUT2D eigenvalue weighted by Crippen LogP contribution is 2.29. The molecule has 16 heavy (non-hydrogen) atoms. The van der Waals surface area contributed by atoms with E-state index in [9.17, 15) is 0 Å². The van der Waals surface area contributed by atoms with Gasteiger partial charge in [0.1, 0.15) is 0 Å². The van der Waals surface area contributed by atoms with Gasteiger partial charge in [-0.1, -0.05) is 18.5 Å². The molecule has 1 saturated heterocycles. The molecule has 3 unspecified atom stereocenters. The number of hydrogen-bond donors (Lipinski definition) is 0. The molecule has 0 amide bonds. The molecule has 1 aliphatic rings. The Bertz CT molecular complexity index is 359. The molecule has 0 radical (unpaired) electrons. The number of ether oxygens (including phenoxy) is 1. The standard InChI is InChI=1S/C12H15Cl2NO/c1-8-3-5-16-12(8)10(13)6-9-2-4-15-7-11(9)14/h2,4,7-8,10,12H,3,5-6H2,1H3. The first-order valence-electron chi connectivity index (χ1n) is 5.52. The van der Waals surface area contributed by atoms with Gasteiger partial charge in [-0.05, 0) is 30.4 Å². The molecule has 3 atom stereocenters. The molecule has 88 valence electrons. The lowest BCUT2D eigenvalue weighted by molar-refractivity contribution is 0.0903. The maximum atomic E-state index is 6.38. The highest BCUT2D eigenvalue weighted by Gasteiger charge is 2.31. The highest BCUT2D eigenvalue weighted by molar-refractivity contribution is 6.31. The average molecular weight is 260 g/mol. The fourth-order valence-electron chi connectivity index (χ4n) is 2.08. The number of pyridine rings is 1. The van der Waals surface area contributed by atoms with Crippen molar-refractivity contribution in [3.8, 4) is 0 Å². The number of hydrogen-bond acceptors (Lipinski definition) is 2. The summed E-state index contributed by atoms with van der Waals surface area (Å²) in [6, 6.07) is 1.91. The fourth-order valence-corrected chi connectivity index (χ4v) is 2.76. The van der Waals surface area contributed by atoms with E-state index in [-0.39, 0.29) is 11.5 Å². The molecule has 2 heterocycles. The quantitative estimate of drug-likeness (QED) is 0.778. The van der Waals surface area contributed by atoms with Crippen LogP contribution in [-0.2, 0) is 11.2 Å². The zero-order valence-electron chi connectivity index (χ0n) is 9.20. The summed E-state index contributed by atoms with van der Waals surface area (Å²) in [5.74, 6) is 0.531. The van der Waals surface area contributed by atoms with Crippen LogP contribution in [0, 0.1) is 5.92 Å². The van der Waals surface area contributed by atoms with E-state index in [1.807, 2.05) is 6.07 Å². The van der Waals surface area contributed by atoms with Crippen LogP contribution in [0.2, 0.25) is 5.02 Å². The zero-order chi connectivity index (χ0) is 11.5. The smallest absolute Gasteiger partial charge is 0.0768 e. The molecule has 0 aliphatic carbocycles. The van der Waals surface area contributed by atoms with Crippen molar-refractivity contribution >= 4 is 23.2 Å². The Kier molecular flexibility index (Phi) is 4.06. The first-order chi connectivity index (χ1) is 7.68. The van der Waals surface area contributed by atoms with Crippen LogP contribution in [0.25, 0.3) is 0 Å². The summed E-state index contributed by atoms with van der Waals surface area (Å²) in [4.78, 5) is 3.96. The predicted molar refractivity (Wildman–Crippen MR) is 66.1 cm³/mol. The second-order valence-corrected chi connectivity index (χ2v) is 5.26. The van der Waals surface area contributed by atoms with Gasteiger partial charge in [-0.3, -0.25) is 4.98 Å². The molecular formula is C12H15Cl2NO. The molecule has 0 aromatic carbocycles. The van der Waals surface area contributed by atoms with Crippen molar-refractivity contribution in [3.05, 3.63) is 29.0 Å². The third kappa shape index (κ3) is 2.68. The van der Waals surface area contributed by atoms with Crippen LogP contribution >= 0.6 is 23.2 Å². The summed E-state index contributed by atoms with van der Waals surface area (Å²) in [6.45, 7) is 3.00. The van der Waals surface area contributed by atoms with Crippen molar-refractivity contribution in [2.75, 3.05) is 6.61 Å². The van der Waals surface area contributed by atoms with Gasteiger partial charge in [0.2, 0.25) is 0 Å². The van der Waals surface area contributed by atoms with Crippen LogP contribution in [0.5, 0.6) is 0 Å². The third-order valence-corrected chi connectivity index (χ3v) is 3.82. The van der Waals surface area contributed by atoms with Gasteiger partial charge in [0.25, 0.3) is 0 Å². The van der Waals surface area contributed by atoms with Gasteiger partial charge < -0.3 is 4.74 Å². The van der Waals surface area contributed by atoms with Gasteiger partial charge in [-0.2, -0.15) is 0 Å². The van der Waals surface area contributed by atoms with Crippen molar-refractivity contribution in [1.29, 1.82) is 0 Å². The number of halogens is 2. The minimum absolute atomic E-state index is 0.0163. The Labute approximate surface area is 106 Å². The summed E-state index contributed by atoms with van der Waals surface area (Å²) in [5.41, 5.74) is 1.04. The van der Waals surface area contributed by atoms with Crippen molar-refractivity contribution < 1.29 is 4.74 Å². The van der Waals surface area contributed by atoms with E-state index in [0.29, 0.717) is 10.9 Å². The molecule has 1 aromatic rings. The van der Waals surface area contributed by atoms with Crippen LogP contribution in [-0.4, -0.2) is 23.1 Å². The highest BCUT2D eigenvalue weighted by atomic mass is 35.5. The monoisotopic (exact) mass is 259 g/mol. The lowest BCUT2D eigenvalue weighted by atomic mass is 9.97. The van der Waals surface area contributed by atoms with Gasteiger partial charge in [0, 0.05) is 19.0 Å². The van der Waals surface area contributed by atoms with E-state index in [2.05, 4.69) is 11.9 Å². The lowest BCUT2D eigenvalue weighted by Gasteiger charge is -2.20. The normalized spacial score (nSPS) is 26.9. The molecule has 2 rings (SSSR count). The van der Waals surface area contributed by atoms with Gasteiger partial charge in [0.15, 0.2) is 0 Å². The van der Waals surface area contributed by atoms with Crippen LogP contribution < -0.4 is 0 Å². The number of aromatic nitrogens is 1. The molecule has 4 heteroatoms. The minimum Gasteiger partial charge on any atom is -0.376 e. The zero-order valence-corrected chi connectivity index (χ0v) is 10.7. The summed E-state index contributed by atoms with van der Waals surface area (Å²) < 4.78 is 5.65. The number of alkyl halides is 1. The van der Waals surface area contributed by atoms with Crippen LogP contribution in [0.4, 0.5) is 0 Å². The Morgan fingerprint density at radius 3 is 3.06 bits per heavy atom. The van der Waals surface area contributed by atoms with E-state index in [0.717, 1.165) is 25.0 Å². The molecular weight excluding hydrogens is 245 g/mol. The minimum atomic E-state index is -0.0163. The number of rotatable bonds is 3. The van der Waals surface area contributed by atoms with Crippen molar-refractivity contribution in [3.63, 3.8) is 0 Å². The Morgan fingerprint density at radius 2 is 2.44 bits per heavy atom. The van der Waals surface area contributed by atoms with E-state index in [1.54, 1.807) is 12.4 Å². The molecule has 2 nitrogen and oxygen atoms in total. The second kappa shape index (κ2) is 5.35. The van der Waals surface area contributed by atoms with E-state index >= 15 is 0 Å². The van der Waals surface area contributed by atoms with E-state index in [4.69, 9.17) is 27.9 Å². The van der Waals surface area contributed by atoms with E-state index < -0.39 is 0 Å². The molecule has 0 spiro atoms. The van der Waals surface area contributed by atoms with Gasteiger partial charge >= 0.3 is 0 Å². The van der Waals surface area contributed by atoms with Crippen LogP contribution in [0.15, 0.2) is 18.5 Å². The maximum absolute atomic E-state index is 6.38. The molecule has 1 aliphatic heterocycles. The van der Waals surface area contributed by atoms with Gasteiger partial charge in [0.05, 0.1) is 16.5 Å². The topological polar surface area (TPSA) is 22.1 Å². The molecule has 0 bridgehead atoms. The Balaban J connectivity index is 2.02. The molecule has 1 fully saturated rings. The van der Waals surface area contributed by atoms with Gasteiger partial charge in [-0.25, -0.2) is 0 Å². The molecule has 0 N–H and O–H groups in total. The number of nitrogens with zero attached hydrogens (tertiary/aromatic N) is 1. The predicted octanol–water partition coefficient (Wildman–Crippen LogP) is 3.31. The largest absolute Gasteiger partial charge is 0.376 e. The average Bonchev–Trinajstić information content (AvgIpc) is 2.68. The van der Waals surface area contributed by atoms with Gasteiger partial charge in [-0.15, -0.1) is 11.6 Å². The SMILES string of the molecule is CC1CCOC1C(Cl)Cc1ccncc1Cl. The van der Waals surface area contributed by atoms with Crippen LogP contribution in [0.1, 0.15) is 18.9 Å². The molecule has 0 saturated carbocycles. The first kappa shape index (κ1) is 12.2. The first-order valence-corrected chi connectivity index (χ1v) is 6.34. The molecule has 1 aromatic heterocycles. The third-order valence-electron chi connectivity index (χ3n) is 3.07. The lowest BCUT2D eigenvalue weighted by Crippen LogP contribution is -2.27. The summed E-state index contributed by atoms with van der Waals surface area (Å²) in [6.07, 6.45) is 5.37.